The molecule has 11 heteroatoms. The Morgan fingerprint density at radius 1 is 1.02 bits per heavy atom. The molecule has 0 atom stereocenters. The number of benzene rings is 1. The summed E-state index contributed by atoms with van der Waals surface area (Å²) >= 11 is 0. The second-order valence-corrected chi connectivity index (χ2v) is 11.4. The van der Waals surface area contributed by atoms with Crippen molar-refractivity contribution < 1.29 is 22.0 Å². The van der Waals surface area contributed by atoms with Crippen molar-refractivity contribution in [3.63, 3.8) is 0 Å². The highest BCUT2D eigenvalue weighted by Gasteiger charge is 2.43. The molecular weight excluding hydrogens is 527 g/mol. The predicted molar refractivity (Wildman–Crippen MR) is 145 cm³/mol. The van der Waals surface area contributed by atoms with Crippen LogP contribution in [0.25, 0.3) is 11.4 Å². The van der Waals surface area contributed by atoms with E-state index in [9.17, 15) is 22.0 Å². The molecule has 0 saturated carbocycles. The Morgan fingerprint density at radius 2 is 1.73 bits per heavy atom. The first-order chi connectivity index (χ1) is 18.8. The van der Waals surface area contributed by atoms with Crippen LogP contribution in [0.3, 0.4) is 0 Å². The molecule has 0 amide bonds. The van der Waals surface area contributed by atoms with Gasteiger partial charge in [-0.15, -0.1) is 0 Å². The molecule has 0 unspecified atom stereocenters. The number of hydrogen-bond donors (Lipinski definition) is 1. The summed E-state index contributed by atoms with van der Waals surface area (Å²) < 4.78 is 71.2. The van der Waals surface area contributed by atoms with Gasteiger partial charge in [0.25, 0.3) is 5.92 Å². The van der Waals surface area contributed by atoms with Crippen LogP contribution in [0.5, 0.6) is 0 Å². The maximum Gasteiger partial charge on any atom is 0.434 e. The summed E-state index contributed by atoms with van der Waals surface area (Å²) in [6.45, 7) is 9.40. The quantitative estimate of drug-likeness (QED) is 0.304. The Hall–Kier alpha value is -3.24. The lowest BCUT2D eigenvalue weighted by Crippen LogP contribution is -2.37. The normalized spacial score (nSPS) is 17.6. The Kier molecular flexibility index (Phi) is 7.52. The van der Waals surface area contributed by atoms with Crippen LogP contribution < -0.4 is 10.2 Å². The van der Waals surface area contributed by atoms with Gasteiger partial charge in [0.05, 0.1) is 0 Å². The molecule has 0 radical (unpaired) electrons. The number of hydrogen-bond acceptors (Lipinski definition) is 5. The van der Waals surface area contributed by atoms with Gasteiger partial charge < -0.3 is 14.8 Å². The van der Waals surface area contributed by atoms with Gasteiger partial charge in [0.1, 0.15) is 11.5 Å². The standard InChI is InChI=1S/C29H35F5N6/c1-17(2)20-7-5-6-8-21(20)26-37-24-22(9-12-28(24,30)31)25(38-26)35-15-19-10-13-39(14-11-19)27-36-23(29(32,33)34)16-40(27)18(3)4/h5-8,16-19H,9-15H2,1-4H3,(H,35,37,38). The number of rotatable bonds is 7. The van der Waals surface area contributed by atoms with Crippen molar-refractivity contribution in [3.8, 4) is 11.4 Å². The smallest absolute Gasteiger partial charge is 0.369 e. The zero-order chi connectivity index (χ0) is 28.8. The minimum absolute atomic E-state index is 0.161. The van der Waals surface area contributed by atoms with Gasteiger partial charge in [-0.1, -0.05) is 38.1 Å². The average molecular weight is 563 g/mol. The minimum Gasteiger partial charge on any atom is -0.369 e. The van der Waals surface area contributed by atoms with E-state index in [4.69, 9.17) is 4.98 Å². The van der Waals surface area contributed by atoms with Crippen molar-refractivity contribution in [2.24, 2.45) is 5.92 Å². The third-order valence-electron chi connectivity index (χ3n) is 7.88. The van der Waals surface area contributed by atoms with Crippen molar-refractivity contribution in [2.45, 2.75) is 77.4 Å². The van der Waals surface area contributed by atoms with Gasteiger partial charge in [-0.25, -0.2) is 15.0 Å². The third kappa shape index (κ3) is 5.51. The van der Waals surface area contributed by atoms with Crippen molar-refractivity contribution in [2.75, 3.05) is 29.9 Å². The number of imidazole rings is 1. The van der Waals surface area contributed by atoms with Gasteiger partial charge >= 0.3 is 6.18 Å². The average Bonchev–Trinajstić information content (AvgIpc) is 3.50. The summed E-state index contributed by atoms with van der Waals surface area (Å²) in [6, 6.07) is 7.46. The van der Waals surface area contributed by atoms with Gasteiger partial charge in [0.2, 0.25) is 5.95 Å². The van der Waals surface area contributed by atoms with Crippen molar-refractivity contribution in [3.05, 3.63) is 53.0 Å². The molecule has 216 valence electrons. The summed E-state index contributed by atoms with van der Waals surface area (Å²) in [5, 5.41) is 3.35. The first-order valence-corrected chi connectivity index (χ1v) is 13.9. The molecule has 2 aliphatic rings. The zero-order valence-corrected chi connectivity index (χ0v) is 23.2. The van der Waals surface area contributed by atoms with E-state index >= 15 is 0 Å². The topological polar surface area (TPSA) is 58.9 Å². The van der Waals surface area contributed by atoms with Crippen LogP contribution in [0.4, 0.5) is 33.7 Å². The lowest BCUT2D eigenvalue weighted by molar-refractivity contribution is -0.140. The van der Waals surface area contributed by atoms with Crippen LogP contribution in [0, 0.1) is 5.92 Å². The highest BCUT2D eigenvalue weighted by atomic mass is 19.4. The van der Waals surface area contributed by atoms with Crippen LogP contribution in [0.2, 0.25) is 0 Å². The number of aromatic nitrogens is 4. The summed E-state index contributed by atoms with van der Waals surface area (Å²) in [5.41, 5.74) is 1.12. The van der Waals surface area contributed by atoms with Gasteiger partial charge in [-0.3, -0.25) is 0 Å². The molecule has 2 aromatic heterocycles. The highest BCUT2D eigenvalue weighted by molar-refractivity contribution is 5.65. The number of anilines is 2. The molecule has 0 spiro atoms. The third-order valence-corrected chi connectivity index (χ3v) is 7.88. The first kappa shape index (κ1) is 28.3. The van der Waals surface area contributed by atoms with Gasteiger partial charge in [-0.05, 0) is 50.5 Å². The van der Waals surface area contributed by atoms with E-state index in [-0.39, 0.29) is 36.4 Å². The number of fused-ring (bicyclic) bond motifs is 1. The van der Waals surface area contributed by atoms with Gasteiger partial charge in [0, 0.05) is 49.4 Å². The van der Waals surface area contributed by atoms with E-state index in [0.29, 0.717) is 42.8 Å². The molecule has 1 aromatic carbocycles. The van der Waals surface area contributed by atoms with E-state index in [1.165, 1.54) is 0 Å². The molecule has 3 aromatic rings. The highest BCUT2D eigenvalue weighted by Crippen LogP contribution is 2.44. The van der Waals surface area contributed by atoms with Crippen molar-refractivity contribution in [1.82, 2.24) is 19.5 Å². The van der Waals surface area contributed by atoms with Gasteiger partial charge in [-0.2, -0.15) is 22.0 Å². The van der Waals surface area contributed by atoms with E-state index in [1.54, 1.807) is 4.57 Å². The Balaban J connectivity index is 1.33. The van der Waals surface area contributed by atoms with Crippen LogP contribution in [0.15, 0.2) is 30.5 Å². The summed E-state index contributed by atoms with van der Waals surface area (Å²) in [4.78, 5) is 14.9. The summed E-state index contributed by atoms with van der Waals surface area (Å²) in [7, 11) is 0. The van der Waals surface area contributed by atoms with Crippen LogP contribution >= 0.6 is 0 Å². The lowest BCUT2D eigenvalue weighted by atomic mass is 9.96. The molecule has 1 aliphatic carbocycles. The van der Waals surface area contributed by atoms with Crippen LogP contribution in [-0.4, -0.2) is 39.2 Å². The first-order valence-electron chi connectivity index (χ1n) is 13.9. The van der Waals surface area contributed by atoms with E-state index in [0.717, 1.165) is 30.2 Å². The van der Waals surface area contributed by atoms with Crippen LogP contribution in [0.1, 0.15) is 81.4 Å². The van der Waals surface area contributed by atoms with Crippen molar-refractivity contribution >= 4 is 11.8 Å². The van der Waals surface area contributed by atoms with Crippen LogP contribution in [-0.2, 0) is 18.5 Å². The van der Waals surface area contributed by atoms with Crippen molar-refractivity contribution in [1.29, 1.82) is 0 Å². The van der Waals surface area contributed by atoms with E-state index in [1.807, 2.05) is 56.9 Å². The van der Waals surface area contributed by atoms with E-state index in [2.05, 4.69) is 15.3 Å². The molecule has 40 heavy (non-hydrogen) atoms. The number of halogens is 5. The fourth-order valence-corrected chi connectivity index (χ4v) is 5.61. The largest absolute Gasteiger partial charge is 0.434 e. The summed E-state index contributed by atoms with van der Waals surface area (Å²) in [5.74, 6) is -1.55. The molecule has 1 N–H and O–H groups in total. The number of nitrogens with one attached hydrogen (secondary N) is 1. The maximum atomic E-state index is 14.8. The van der Waals surface area contributed by atoms with E-state index < -0.39 is 17.8 Å². The maximum absolute atomic E-state index is 14.8. The fraction of sp³-hybridized carbons (Fsp3) is 0.552. The zero-order valence-electron chi connectivity index (χ0n) is 23.2. The molecule has 3 heterocycles. The second kappa shape index (κ2) is 10.6. The summed E-state index contributed by atoms with van der Waals surface area (Å²) in [6.07, 6.45) is -2.05. The monoisotopic (exact) mass is 562 g/mol. The number of alkyl halides is 5. The molecule has 0 bridgehead atoms. The predicted octanol–water partition coefficient (Wildman–Crippen LogP) is 7.43. The number of piperidine rings is 1. The second-order valence-electron chi connectivity index (χ2n) is 11.4. The molecular formula is C29H35F5N6. The Bertz CT molecular complexity index is 1360. The molecule has 6 nitrogen and oxygen atoms in total. The molecule has 5 rings (SSSR count). The van der Waals surface area contributed by atoms with Gasteiger partial charge in [0.15, 0.2) is 11.5 Å². The lowest BCUT2D eigenvalue weighted by Gasteiger charge is -2.33. The molecule has 1 saturated heterocycles. The number of nitrogens with zero attached hydrogens (tertiary/aromatic N) is 5. The minimum atomic E-state index is -4.50. The SMILES string of the molecule is CC(C)c1ccccc1-c1nc(NCC2CCN(c3nc(C(F)(F)F)cn3C(C)C)CC2)c2c(n1)C(F)(F)CC2. The Morgan fingerprint density at radius 3 is 2.38 bits per heavy atom. The molecule has 1 fully saturated rings. The molecule has 1 aliphatic heterocycles. The Labute approximate surface area is 231 Å². The fourth-order valence-electron chi connectivity index (χ4n) is 5.61.